The highest BCUT2D eigenvalue weighted by Gasteiger charge is 2.29. The van der Waals surface area contributed by atoms with E-state index in [1.54, 1.807) is 0 Å². The zero-order chi connectivity index (χ0) is 15.6. The normalized spacial score (nSPS) is 15.6. The van der Waals surface area contributed by atoms with Gasteiger partial charge in [0, 0.05) is 13.0 Å². The molecule has 0 heterocycles. The number of unbranched alkanes of at least 4 members (excludes halogenated alkanes) is 1. The van der Waals surface area contributed by atoms with Gasteiger partial charge in [0.2, 0.25) is 0 Å². The Labute approximate surface area is 124 Å². The van der Waals surface area contributed by atoms with Crippen LogP contribution in [0.1, 0.15) is 60.8 Å². The minimum atomic E-state index is -0.838. The molecule has 1 atom stereocenters. The van der Waals surface area contributed by atoms with Gasteiger partial charge in [0.15, 0.2) is 5.79 Å². The summed E-state index contributed by atoms with van der Waals surface area (Å²) in [6.45, 7) is 14.1. The van der Waals surface area contributed by atoms with E-state index in [1.807, 2.05) is 6.92 Å². The number of hydrogen-bond donors (Lipinski definition) is 1. The van der Waals surface area contributed by atoms with E-state index in [2.05, 4.69) is 34.6 Å². The zero-order valence-electron chi connectivity index (χ0n) is 14.2. The van der Waals surface area contributed by atoms with Crippen LogP contribution in [0, 0.1) is 5.92 Å². The van der Waals surface area contributed by atoms with Crippen molar-refractivity contribution in [2.24, 2.45) is 5.92 Å². The molecule has 0 saturated heterocycles. The quantitative estimate of drug-likeness (QED) is 0.468. The molecule has 1 unspecified atom stereocenters. The Balaban J connectivity index is 3.91. The van der Waals surface area contributed by atoms with Gasteiger partial charge >= 0.3 is 0 Å². The topological polar surface area (TPSA) is 47.9 Å². The average Bonchev–Trinajstić information content (AvgIpc) is 2.36. The summed E-state index contributed by atoms with van der Waals surface area (Å²) in [5.41, 5.74) is -0.0838. The fourth-order valence-corrected chi connectivity index (χ4v) is 1.61. The van der Waals surface area contributed by atoms with Crippen molar-refractivity contribution >= 4 is 0 Å². The van der Waals surface area contributed by atoms with E-state index in [4.69, 9.17) is 14.2 Å². The summed E-state index contributed by atoms with van der Waals surface area (Å²) in [6, 6.07) is 0. The Morgan fingerprint density at radius 2 is 1.50 bits per heavy atom. The first-order chi connectivity index (χ1) is 9.24. The van der Waals surface area contributed by atoms with Gasteiger partial charge < -0.3 is 19.3 Å². The minimum Gasteiger partial charge on any atom is -0.391 e. The Kier molecular flexibility index (Phi) is 9.64. The van der Waals surface area contributed by atoms with Gasteiger partial charge in [0.25, 0.3) is 0 Å². The second-order valence-corrected chi connectivity index (χ2v) is 6.64. The highest BCUT2D eigenvalue weighted by atomic mass is 16.7. The second-order valence-electron chi connectivity index (χ2n) is 6.64. The fraction of sp³-hybridized carbons (Fsp3) is 1.00. The maximum absolute atomic E-state index is 9.52. The molecular weight excluding hydrogens is 256 g/mol. The standard InChI is InChI=1S/C16H34O4/c1-7-16(13-17,20-12-14(2)3)19-11-9-8-10-18-15(4,5)6/h14,17H,7-13H2,1-6H3. The van der Waals surface area contributed by atoms with Crippen LogP contribution in [0.2, 0.25) is 0 Å². The molecule has 0 bridgehead atoms. The highest BCUT2D eigenvalue weighted by molar-refractivity contribution is 4.67. The van der Waals surface area contributed by atoms with Crippen LogP contribution in [0.3, 0.4) is 0 Å². The van der Waals surface area contributed by atoms with Gasteiger partial charge in [-0.05, 0) is 39.5 Å². The lowest BCUT2D eigenvalue weighted by molar-refractivity contribution is -0.260. The van der Waals surface area contributed by atoms with Crippen LogP contribution < -0.4 is 0 Å². The van der Waals surface area contributed by atoms with Gasteiger partial charge in [-0.1, -0.05) is 20.8 Å². The molecule has 0 aromatic heterocycles. The number of rotatable bonds is 11. The van der Waals surface area contributed by atoms with E-state index in [-0.39, 0.29) is 12.2 Å². The van der Waals surface area contributed by atoms with Crippen molar-refractivity contribution in [3.05, 3.63) is 0 Å². The van der Waals surface area contributed by atoms with Gasteiger partial charge in [0.05, 0.1) is 25.4 Å². The number of aliphatic hydroxyl groups excluding tert-OH is 1. The molecule has 0 rings (SSSR count). The fourth-order valence-electron chi connectivity index (χ4n) is 1.61. The molecule has 0 aromatic carbocycles. The van der Waals surface area contributed by atoms with E-state index in [0.717, 1.165) is 19.4 Å². The third-order valence-corrected chi connectivity index (χ3v) is 2.90. The molecule has 122 valence electrons. The van der Waals surface area contributed by atoms with E-state index in [9.17, 15) is 5.11 Å². The third kappa shape index (κ3) is 9.70. The molecule has 0 aromatic rings. The molecule has 0 aliphatic rings. The van der Waals surface area contributed by atoms with Gasteiger partial charge in [-0.15, -0.1) is 0 Å². The lowest BCUT2D eigenvalue weighted by Crippen LogP contribution is -2.40. The van der Waals surface area contributed by atoms with Crippen LogP contribution >= 0.6 is 0 Å². The molecule has 4 heteroatoms. The van der Waals surface area contributed by atoms with E-state index >= 15 is 0 Å². The molecule has 0 aliphatic heterocycles. The maximum Gasteiger partial charge on any atom is 0.191 e. The van der Waals surface area contributed by atoms with E-state index < -0.39 is 5.79 Å². The summed E-state index contributed by atoms with van der Waals surface area (Å²) < 4.78 is 17.2. The molecule has 4 nitrogen and oxygen atoms in total. The summed E-state index contributed by atoms with van der Waals surface area (Å²) in [7, 11) is 0. The first-order valence-corrected chi connectivity index (χ1v) is 7.77. The van der Waals surface area contributed by atoms with Crippen molar-refractivity contribution < 1.29 is 19.3 Å². The Bertz CT molecular complexity index is 229. The van der Waals surface area contributed by atoms with Crippen LogP contribution in [0.5, 0.6) is 0 Å². The van der Waals surface area contributed by atoms with Crippen molar-refractivity contribution in [1.29, 1.82) is 0 Å². The van der Waals surface area contributed by atoms with Crippen LogP contribution in [0.4, 0.5) is 0 Å². The lowest BCUT2D eigenvalue weighted by Gasteiger charge is -2.32. The summed E-state index contributed by atoms with van der Waals surface area (Å²) in [5.74, 6) is -0.411. The summed E-state index contributed by atoms with van der Waals surface area (Å²) >= 11 is 0. The first kappa shape index (κ1) is 19.8. The van der Waals surface area contributed by atoms with Gasteiger partial charge in [-0.2, -0.15) is 0 Å². The van der Waals surface area contributed by atoms with E-state index in [1.165, 1.54) is 0 Å². The molecule has 0 amide bonds. The largest absolute Gasteiger partial charge is 0.391 e. The minimum absolute atomic E-state index is 0.0838. The number of ether oxygens (including phenoxy) is 3. The average molecular weight is 290 g/mol. The van der Waals surface area contributed by atoms with Gasteiger partial charge in [-0.25, -0.2) is 0 Å². The van der Waals surface area contributed by atoms with Gasteiger partial charge in [-0.3, -0.25) is 0 Å². The molecule has 0 fully saturated rings. The van der Waals surface area contributed by atoms with Crippen LogP contribution in [0.25, 0.3) is 0 Å². The number of hydrogen-bond acceptors (Lipinski definition) is 4. The summed E-state index contributed by atoms with van der Waals surface area (Å²) in [4.78, 5) is 0. The SMILES string of the molecule is CCC(CO)(OCCCCOC(C)(C)C)OCC(C)C. The van der Waals surface area contributed by atoms with Crippen LogP contribution in [0.15, 0.2) is 0 Å². The van der Waals surface area contributed by atoms with Crippen LogP contribution in [-0.4, -0.2) is 42.9 Å². The molecular formula is C16H34O4. The Hall–Kier alpha value is -0.160. The molecule has 0 spiro atoms. The molecule has 0 radical (unpaired) electrons. The lowest BCUT2D eigenvalue weighted by atomic mass is 10.2. The second kappa shape index (κ2) is 9.72. The smallest absolute Gasteiger partial charge is 0.191 e. The van der Waals surface area contributed by atoms with Crippen molar-refractivity contribution in [2.45, 2.75) is 72.2 Å². The maximum atomic E-state index is 9.52. The van der Waals surface area contributed by atoms with E-state index in [0.29, 0.717) is 25.6 Å². The van der Waals surface area contributed by atoms with Crippen molar-refractivity contribution in [2.75, 3.05) is 26.4 Å². The summed E-state index contributed by atoms with van der Waals surface area (Å²) in [5, 5.41) is 9.52. The predicted octanol–water partition coefficient (Wildman–Crippen LogP) is 3.37. The predicted molar refractivity (Wildman–Crippen MR) is 81.8 cm³/mol. The summed E-state index contributed by atoms with van der Waals surface area (Å²) in [6.07, 6.45) is 2.50. The highest BCUT2D eigenvalue weighted by Crippen LogP contribution is 2.19. The van der Waals surface area contributed by atoms with Crippen molar-refractivity contribution in [1.82, 2.24) is 0 Å². The van der Waals surface area contributed by atoms with Gasteiger partial charge in [0.1, 0.15) is 0 Å². The molecule has 20 heavy (non-hydrogen) atoms. The van der Waals surface area contributed by atoms with Crippen LogP contribution in [-0.2, 0) is 14.2 Å². The third-order valence-electron chi connectivity index (χ3n) is 2.90. The molecule has 0 aliphatic carbocycles. The molecule has 1 N–H and O–H groups in total. The molecule has 0 saturated carbocycles. The zero-order valence-corrected chi connectivity index (χ0v) is 14.2. The van der Waals surface area contributed by atoms with Crippen molar-refractivity contribution in [3.63, 3.8) is 0 Å². The Morgan fingerprint density at radius 1 is 0.950 bits per heavy atom. The first-order valence-electron chi connectivity index (χ1n) is 7.77. The Morgan fingerprint density at radius 3 is 1.90 bits per heavy atom. The van der Waals surface area contributed by atoms with Crippen molar-refractivity contribution in [3.8, 4) is 0 Å². The number of aliphatic hydroxyl groups is 1. The monoisotopic (exact) mass is 290 g/mol.